The highest BCUT2D eigenvalue weighted by atomic mass is 28.3. The molecule has 8 nitrogen and oxygen atoms in total. The van der Waals surface area contributed by atoms with Gasteiger partial charge in [0.2, 0.25) is 0 Å². The predicted molar refractivity (Wildman–Crippen MR) is 154 cm³/mol. The molecule has 1 amide bonds. The number of aliphatic hydroxyl groups excluding tert-OH is 1. The molecule has 0 radical (unpaired) electrons. The van der Waals surface area contributed by atoms with Crippen LogP contribution in [0.4, 0.5) is 5.69 Å². The number of anilines is 1. The van der Waals surface area contributed by atoms with Gasteiger partial charge in [-0.15, -0.1) is 11.7 Å². The lowest BCUT2D eigenvalue weighted by molar-refractivity contribution is -0.145. The van der Waals surface area contributed by atoms with Gasteiger partial charge in [0.25, 0.3) is 5.91 Å². The van der Waals surface area contributed by atoms with E-state index in [1.54, 1.807) is 13.2 Å². The number of aryl methyl sites for hydroxylation is 1. The molecule has 0 saturated carbocycles. The van der Waals surface area contributed by atoms with Gasteiger partial charge in [0.05, 0.1) is 32.7 Å². The summed E-state index contributed by atoms with van der Waals surface area (Å²) in [7, 11) is -0.510. The summed E-state index contributed by atoms with van der Waals surface area (Å²) in [5.41, 5.74) is 1.73. The minimum Gasteiger partial charge on any atom is -0.497 e. The van der Waals surface area contributed by atoms with Crippen LogP contribution in [0.1, 0.15) is 24.6 Å². The van der Waals surface area contributed by atoms with Crippen LogP contribution >= 0.6 is 0 Å². The molecule has 2 aromatic carbocycles. The normalized spacial score (nSPS) is 24.4. The zero-order valence-electron chi connectivity index (χ0n) is 23.2. The van der Waals surface area contributed by atoms with Gasteiger partial charge in [-0.3, -0.25) is 9.48 Å². The lowest BCUT2D eigenvalue weighted by Gasteiger charge is -2.37. The van der Waals surface area contributed by atoms with Crippen molar-refractivity contribution in [3.05, 3.63) is 78.6 Å². The van der Waals surface area contributed by atoms with Crippen molar-refractivity contribution in [1.82, 2.24) is 15.0 Å². The van der Waals surface area contributed by atoms with Crippen LogP contribution in [0.15, 0.2) is 67.4 Å². The Bertz CT molecular complexity index is 1340. The van der Waals surface area contributed by atoms with Crippen molar-refractivity contribution in [2.75, 3.05) is 25.2 Å². The minimum absolute atomic E-state index is 0.00545. The van der Waals surface area contributed by atoms with E-state index in [-0.39, 0.29) is 30.1 Å². The van der Waals surface area contributed by atoms with Crippen LogP contribution in [-0.2, 0) is 28.1 Å². The third-order valence-corrected chi connectivity index (χ3v) is 13.0. The van der Waals surface area contributed by atoms with Gasteiger partial charge in [0.15, 0.2) is 5.60 Å². The Morgan fingerprint density at radius 2 is 1.95 bits per heavy atom. The molecule has 39 heavy (non-hydrogen) atoms. The average molecular weight is 547 g/mol. The first-order valence-electron chi connectivity index (χ1n) is 13.6. The number of aliphatic hydroxyl groups is 1. The Morgan fingerprint density at radius 3 is 2.64 bits per heavy atom. The Morgan fingerprint density at radius 1 is 1.21 bits per heavy atom. The second-order valence-corrected chi connectivity index (χ2v) is 15.8. The molecule has 9 heteroatoms. The molecule has 2 aliphatic rings. The lowest BCUT2D eigenvalue weighted by Crippen LogP contribution is -2.51. The first kappa shape index (κ1) is 27.3. The summed E-state index contributed by atoms with van der Waals surface area (Å²) >= 11 is 0. The summed E-state index contributed by atoms with van der Waals surface area (Å²) in [4.78, 5) is 16.1. The zero-order chi connectivity index (χ0) is 27.8. The number of nitrogens with zero attached hydrogens (tertiary/aromatic N) is 4. The molecule has 1 saturated heterocycles. The van der Waals surface area contributed by atoms with E-state index in [2.05, 4.69) is 49.0 Å². The molecule has 1 spiro atoms. The van der Waals surface area contributed by atoms with Crippen molar-refractivity contribution < 1.29 is 19.4 Å². The maximum atomic E-state index is 14.3. The third-order valence-electron chi connectivity index (χ3n) is 8.65. The van der Waals surface area contributed by atoms with E-state index in [0.717, 1.165) is 22.7 Å². The number of aromatic nitrogens is 3. The van der Waals surface area contributed by atoms with Crippen molar-refractivity contribution in [2.45, 2.75) is 56.7 Å². The number of para-hydroxylation sites is 1. The molecule has 2 aliphatic heterocycles. The second kappa shape index (κ2) is 10.7. The van der Waals surface area contributed by atoms with Gasteiger partial charge in [0, 0.05) is 43.8 Å². The SMILES string of the molecule is C=CCN1C(=O)[C@]2(O[C@H](CCn3cc(CCO)nn3)[C@@H]([Si](C)(C)c3ccc(OC)cc3)[C@@H]2C)c2ccccc21. The molecule has 1 fully saturated rings. The van der Waals surface area contributed by atoms with Crippen LogP contribution in [0.25, 0.3) is 0 Å². The maximum Gasteiger partial charge on any atom is 0.264 e. The highest BCUT2D eigenvalue weighted by Crippen LogP contribution is 2.59. The molecule has 3 heterocycles. The Kier molecular flexibility index (Phi) is 7.50. The first-order valence-corrected chi connectivity index (χ1v) is 16.7. The number of amides is 1. The van der Waals surface area contributed by atoms with Crippen LogP contribution in [0.2, 0.25) is 18.6 Å². The molecule has 4 atom stereocenters. The first-order chi connectivity index (χ1) is 18.8. The highest BCUT2D eigenvalue weighted by molar-refractivity contribution is 6.91. The molecular formula is C30H38N4O4Si. The van der Waals surface area contributed by atoms with E-state index in [1.807, 2.05) is 52.2 Å². The number of methoxy groups -OCH3 is 1. The lowest BCUT2D eigenvalue weighted by atomic mass is 9.82. The Balaban J connectivity index is 1.55. The summed E-state index contributed by atoms with van der Waals surface area (Å²) in [6.45, 7) is 12.0. The van der Waals surface area contributed by atoms with Crippen molar-refractivity contribution in [2.24, 2.45) is 5.92 Å². The quantitative estimate of drug-likeness (QED) is 0.308. The number of ether oxygens (including phenoxy) is 2. The number of fused-ring (bicyclic) bond motifs is 2. The van der Waals surface area contributed by atoms with Crippen molar-refractivity contribution in [1.29, 1.82) is 0 Å². The molecule has 0 aliphatic carbocycles. The average Bonchev–Trinajstić information content (AvgIpc) is 3.58. The molecule has 1 aromatic heterocycles. The number of rotatable bonds is 10. The topological polar surface area (TPSA) is 89.7 Å². The minimum atomic E-state index is -2.19. The van der Waals surface area contributed by atoms with Crippen molar-refractivity contribution >= 4 is 24.9 Å². The van der Waals surface area contributed by atoms with Crippen molar-refractivity contribution in [3.8, 4) is 5.75 Å². The van der Waals surface area contributed by atoms with Crippen LogP contribution in [-0.4, -0.2) is 60.4 Å². The van der Waals surface area contributed by atoms with Gasteiger partial charge >= 0.3 is 0 Å². The summed E-state index contributed by atoms with van der Waals surface area (Å²) < 4.78 is 14.3. The standard InChI is InChI=1S/C30H38N4O4Si/c1-6-17-34-26-10-8-7-9-25(26)30(29(34)36)21(2)28(39(4,5)24-13-11-23(37-3)12-14-24)27(38-30)15-18-33-20-22(16-19-35)31-32-33/h6-14,20-21,27-28,35H,1,15-19H2,2-5H3/t21-,27+,28-,30+/m0/s1. The summed E-state index contributed by atoms with van der Waals surface area (Å²) in [6, 6.07) is 16.4. The molecule has 3 aromatic rings. The van der Waals surface area contributed by atoms with E-state index in [9.17, 15) is 9.90 Å². The summed E-state index contributed by atoms with van der Waals surface area (Å²) in [5, 5.41) is 19.0. The van der Waals surface area contributed by atoms with Crippen LogP contribution in [0.3, 0.4) is 0 Å². The van der Waals surface area contributed by atoms with Gasteiger partial charge in [0.1, 0.15) is 5.75 Å². The fourth-order valence-electron chi connectivity index (χ4n) is 6.78. The third kappa shape index (κ3) is 4.52. The van der Waals surface area contributed by atoms with E-state index < -0.39 is 13.7 Å². The highest BCUT2D eigenvalue weighted by Gasteiger charge is 2.65. The van der Waals surface area contributed by atoms with E-state index >= 15 is 0 Å². The molecule has 206 valence electrons. The van der Waals surface area contributed by atoms with E-state index in [1.165, 1.54) is 5.19 Å². The molecule has 5 rings (SSSR count). The summed E-state index contributed by atoms with van der Waals surface area (Å²) in [6.07, 6.45) is 4.67. The van der Waals surface area contributed by atoms with E-state index in [0.29, 0.717) is 25.9 Å². The van der Waals surface area contributed by atoms with Crippen molar-refractivity contribution in [3.63, 3.8) is 0 Å². The molecular weight excluding hydrogens is 508 g/mol. The van der Waals surface area contributed by atoms with Gasteiger partial charge in [-0.2, -0.15) is 0 Å². The second-order valence-electron chi connectivity index (χ2n) is 11.1. The van der Waals surface area contributed by atoms with Gasteiger partial charge in [-0.25, -0.2) is 0 Å². The molecule has 0 unspecified atom stereocenters. The Labute approximate surface area is 231 Å². The fraction of sp³-hybridized carbons (Fsp3) is 0.433. The zero-order valence-corrected chi connectivity index (χ0v) is 24.2. The van der Waals surface area contributed by atoms with Crippen LogP contribution in [0.5, 0.6) is 5.75 Å². The Hall–Kier alpha value is -3.27. The number of carbonyl (C=O) groups excluding carboxylic acids is 1. The monoisotopic (exact) mass is 546 g/mol. The van der Waals surface area contributed by atoms with Gasteiger partial charge < -0.3 is 19.5 Å². The summed E-state index contributed by atoms with van der Waals surface area (Å²) in [5.74, 6) is 0.779. The van der Waals surface area contributed by atoms with Gasteiger partial charge in [-0.1, -0.05) is 66.8 Å². The predicted octanol–water partition coefficient (Wildman–Crippen LogP) is 3.66. The smallest absolute Gasteiger partial charge is 0.264 e. The van der Waals surface area contributed by atoms with Gasteiger partial charge in [-0.05, 0) is 30.2 Å². The fourth-order valence-corrected chi connectivity index (χ4v) is 10.8. The molecule has 0 bridgehead atoms. The van der Waals surface area contributed by atoms with Crippen LogP contribution < -0.4 is 14.8 Å². The van der Waals surface area contributed by atoms with E-state index in [4.69, 9.17) is 9.47 Å². The number of hydrogen-bond acceptors (Lipinski definition) is 6. The number of carbonyl (C=O) groups is 1. The number of hydrogen-bond donors (Lipinski definition) is 1. The molecule has 1 N–H and O–H groups in total. The maximum absolute atomic E-state index is 14.3. The number of benzene rings is 2. The largest absolute Gasteiger partial charge is 0.497 e. The van der Waals surface area contributed by atoms with Crippen LogP contribution in [0, 0.1) is 5.92 Å².